The van der Waals surface area contributed by atoms with Gasteiger partial charge in [-0.1, -0.05) is 0 Å². The maximum absolute atomic E-state index is 12.6. The molecule has 0 aromatic carbocycles. The zero-order valence-corrected chi connectivity index (χ0v) is 14.1. The standard InChI is InChI=1S/C14H18F3N7S/c15-14(16,17)9-24(11(18)19)13-23-10(8-25-13)4-1-2-5-20-12-21-6-3-7-22-12/h3,6-8H,1-2,4-5,9H2,(H3,18,19)(H,20,21,22). The highest BCUT2D eigenvalue weighted by atomic mass is 32.1. The molecule has 0 fully saturated rings. The molecule has 25 heavy (non-hydrogen) atoms. The lowest BCUT2D eigenvalue weighted by Gasteiger charge is -2.20. The number of nitrogens with zero attached hydrogens (tertiary/aromatic N) is 4. The lowest BCUT2D eigenvalue weighted by Crippen LogP contribution is -2.42. The second-order valence-corrected chi connectivity index (χ2v) is 6.00. The third-order valence-corrected chi connectivity index (χ3v) is 4.02. The lowest BCUT2D eigenvalue weighted by molar-refractivity contribution is -0.118. The Kier molecular flexibility index (Phi) is 6.51. The molecule has 2 heterocycles. The molecule has 0 radical (unpaired) electrons. The topological polar surface area (TPSA) is 104 Å². The molecule has 0 saturated carbocycles. The van der Waals surface area contributed by atoms with Crippen molar-refractivity contribution in [3.8, 4) is 0 Å². The number of thiazole rings is 1. The number of anilines is 2. The van der Waals surface area contributed by atoms with E-state index in [0.29, 0.717) is 29.5 Å². The molecule has 136 valence electrons. The van der Waals surface area contributed by atoms with E-state index < -0.39 is 18.7 Å². The Hall–Kier alpha value is -2.43. The molecule has 0 spiro atoms. The van der Waals surface area contributed by atoms with Gasteiger partial charge in [-0.2, -0.15) is 13.2 Å². The van der Waals surface area contributed by atoms with E-state index >= 15 is 0 Å². The minimum Gasteiger partial charge on any atom is -0.370 e. The predicted molar refractivity (Wildman–Crippen MR) is 90.9 cm³/mol. The van der Waals surface area contributed by atoms with Gasteiger partial charge in [0.25, 0.3) is 0 Å². The van der Waals surface area contributed by atoms with Gasteiger partial charge in [0.15, 0.2) is 11.1 Å². The Balaban J connectivity index is 1.79. The van der Waals surface area contributed by atoms with Crippen molar-refractivity contribution in [1.82, 2.24) is 15.0 Å². The van der Waals surface area contributed by atoms with Gasteiger partial charge in [0.1, 0.15) is 6.54 Å². The second kappa shape index (κ2) is 8.60. The van der Waals surface area contributed by atoms with Crippen LogP contribution in [0.3, 0.4) is 0 Å². The number of aromatic nitrogens is 3. The van der Waals surface area contributed by atoms with Crippen LogP contribution in [0.4, 0.5) is 24.3 Å². The number of hydrogen-bond donors (Lipinski definition) is 3. The summed E-state index contributed by atoms with van der Waals surface area (Å²) in [7, 11) is 0. The quantitative estimate of drug-likeness (QED) is 0.373. The molecular formula is C14H18F3N7S. The summed E-state index contributed by atoms with van der Waals surface area (Å²) in [5.41, 5.74) is 5.92. The number of alkyl halides is 3. The van der Waals surface area contributed by atoms with Crippen LogP contribution in [-0.2, 0) is 6.42 Å². The van der Waals surface area contributed by atoms with E-state index in [0.717, 1.165) is 24.2 Å². The van der Waals surface area contributed by atoms with Crippen LogP contribution >= 0.6 is 11.3 Å². The first kappa shape index (κ1) is 18.9. The number of guanidine groups is 1. The predicted octanol–water partition coefficient (Wildman–Crippen LogP) is 2.63. The van der Waals surface area contributed by atoms with Crippen LogP contribution in [0.5, 0.6) is 0 Å². The SMILES string of the molecule is N=C(N)N(CC(F)(F)F)c1nc(CCCCNc2ncccn2)cs1. The molecule has 2 aromatic rings. The highest BCUT2D eigenvalue weighted by Crippen LogP contribution is 2.25. The second-order valence-electron chi connectivity index (χ2n) is 5.16. The first-order valence-corrected chi connectivity index (χ1v) is 8.37. The van der Waals surface area contributed by atoms with Crippen molar-refractivity contribution in [3.05, 3.63) is 29.5 Å². The monoisotopic (exact) mass is 373 g/mol. The van der Waals surface area contributed by atoms with Crippen molar-refractivity contribution < 1.29 is 13.2 Å². The molecule has 2 aromatic heterocycles. The summed E-state index contributed by atoms with van der Waals surface area (Å²) in [5.74, 6) is -0.118. The fourth-order valence-electron chi connectivity index (χ4n) is 1.99. The fourth-order valence-corrected chi connectivity index (χ4v) is 2.86. The Labute approximate surface area is 146 Å². The normalized spacial score (nSPS) is 11.3. The van der Waals surface area contributed by atoms with E-state index in [9.17, 15) is 13.2 Å². The van der Waals surface area contributed by atoms with Crippen molar-refractivity contribution >= 4 is 28.4 Å². The van der Waals surface area contributed by atoms with Gasteiger partial charge in [0.2, 0.25) is 5.95 Å². The zero-order chi connectivity index (χ0) is 18.3. The van der Waals surface area contributed by atoms with Gasteiger partial charge in [-0.3, -0.25) is 10.3 Å². The molecular weight excluding hydrogens is 355 g/mol. The third-order valence-electron chi connectivity index (χ3n) is 3.11. The highest BCUT2D eigenvalue weighted by molar-refractivity contribution is 7.14. The van der Waals surface area contributed by atoms with Crippen LogP contribution in [-0.4, -0.2) is 40.2 Å². The summed E-state index contributed by atoms with van der Waals surface area (Å²) >= 11 is 1.05. The van der Waals surface area contributed by atoms with E-state index in [1.54, 1.807) is 23.8 Å². The minimum absolute atomic E-state index is 0.0793. The highest BCUT2D eigenvalue weighted by Gasteiger charge is 2.33. The molecule has 4 N–H and O–H groups in total. The number of aryl methyl sites for hydroxylation is 1. The van der Waals surface area contributed by atoms with Gasteiger partial charge in [0, 0.05) is 24.3 Å². The van der Waals surface area contributed by atoms with E-state index in [4.69, 9.17) is 11.1 Å². The van der Waals surface area contributed by atoms with Crippen molar-refractivity contribution in [1.29, 1.82) is 5.41 Å². The maximum Gasteiger partial charge on any atom is 0.406 e. The molecule has 0 saturated heterocycles. The Bertz CT molecular complexity index is 675. The molecule has 7 nitrogen and oxygen atoms in total. The number of hydrogen-bond acceptors (Lipinski definition) is 6. The van der Waals surface area contributed by atoms with Gasteiger partial charge < -0.3 is 11.1 Å². The van der Waals surface area contributed by atoms with Gasteiger partial charge in [-0.25, -0.2) is 15.0 Å². The molecule has 11 heteroatoms. The molecule has 0 atom stereocenters. The van der Waals surface area contributed by atoms with E-state index in [2.05, 4.69) is 20.3 Å². The molecule has 0 unspecified atom stereocenters. The van der Waals surface area contributed by atoms with E-state index in [1.165, 1.54) is 0 Å². The van der Waals surface area contributed by atoms with Crippen molar-refractivity contribution in [2.24, 2.45) is 5.73 Å². The Morgan fingerprint density at radius 3 is 2.64 bits per heavy atom. The number of nitrogens with two attached hydrogens (primary N) is 1. The number of unbranched alkanes of at least 4 members (excludes halogenated alkanes) is 1. The van der Waals surface area contributed by atoms with Gasteiger partial charge in [-0.05, 0) is 25.3 Å². The van der Waals surface area contributed by atoms with E-state index in [1.807, 2.05) is 0 Å². The summed E-state index contributed by atoms with van der Waals surface area (Å²) in [5, 5.41) is 12.1. The summed E-state index contributed by atoms with van der Waals surface area (Å²) in [4.78, 5) is 12.9. The molecule has 0 aliphatic heterocycles. The average molecular weight is 373 g/mol. The smallest absolute Gasteiger partial charge is 0.370 e. The summed E-state index contributed by atoms with van der Waals surface area (Å²) < 4.78 is 37.7. The van der Waals surface area contributed by atoms with Crippen LogP contribution in [0, 0.1) is 5.41 Å². The van der Waals surface area contributed by atoms with Gasteiger partial charge >= 0.3 is 6.18 Å². The van der Waals surface area contributed by atoms with Gasteiger partial charge in [0.05, 0.1) is 5.69 Å². The first-order chi connectivity index (χ1) is 11.8. The molecule has 2 rings (SSSR count). The van der Waals surface area contributed by atoms with Crippen LogP contribution < -0.4 is 16.0 Å². The Morgan fingerprint density at radius 2 is 2.00 bits per heavy atom. The third kappa shape index (κ3) is 6.53. The average Bonchev–Trinajstić information content (AvgIpc) is 3.01. The van der Waals surface area contributed by atoms with E-state index in [-0.39, 0.29) is 5.13 Å². The molecule has 0 bridgehead atoms. The fraction of sp³-hybridized carbons (Fsp3) is 0.429. The summed E-state index contributed by atoms with van der Waals surface area (Å²) in [6, 6.07) is 1.73. The number of rotatable bonds is 8. The lowest BCUT2D eigenvalue weighted by atomic mass is 10.2. The molecule has 0 aliphatic rings. The zero-order valence-electron chi connectivity index (χ0n) is 13.3. The Morgan fingerprint density at radius 1 is 1.28 bits per heavy atom. The van der Waals surface area contributed by atoms with Crippen LogP contribution in [0.15, 0.2) is 23.8 Å². The van der Waals surface area contributed by atoms with Crippen molar-refractivity contribution in [2.45, 2.75) is 25.4 Å². The first-order valence-electron chi connectivity index (χ1n) is 7.49. The largest absolute Gasteiger partial charge is 0.406 e. The van der Waals surface area contributed by atoms with Crippen molar-refractivity contribution in [2.75, 3.05) is 23.3 Å². The number of halogens is 3. The maximum atomic E-state index is 12.6. The van der Waals surface area contributed by atoms with Crippen molar-refractivity contribution in [3.63, 3.8) is 0 Å². The molecule has 0 amide bonds. The van der Waals surface area contributed by atoms with Crippen LogP contribution in [0.2, 0.25) is 0 Å². The number of nitrogens with one attached hydrogen (secondary N) is 2. The van der Waals surface area contributed by atoms with Gasteiger partial charge in [-0.15, -0.1) is 11.3 Å². The molecule has 0 aliphatic carbocycles. The minimum atomic E-state index is -4.46. The van der Waals surface area contributed by atoms with Crippen LogP contribution in [0.25, 0.3) is 0 Å². The van der Waals surface area contributed by atoms with Crippen LogP contribution in [0.1, 0.15) is 18.5 Å². The summed E-state index contributed by atoms with van der Waals surface area (Å²) in [6.45, 7) is -0.634. The summed E-state index contributed by atoms with van der Waals surface area (Å²) in [6.07, 6.45) is 1.11.